The molecule has 1 aromatic heterocycles. The average Bonchev–Trinajstić information content (AvgIpc) is 2.46. The maximum Gasteiger partial charge on any atom is 0.187 e. The van der Waals surface area contributed by atoms with Crippen molar-refractivity contribution in [3.63, 3.8) is 0 Å². The number of Topliss-reactive ketones (excluding diaryl/α,β-unsaturated/α-hetero) is 1. The van der Waals surface area contributed by atoms with Gasteiger partial charge in [-0.25, -0.2) is 9.97 Å². The van der Waals surface area contributed by atoms with Gasteiger partial charge in [-0.3, -0.25) is 4.79 Å². The number of hydrogen-bond donors (Lipinski definition) is 0. The van der Waals surface area contributed by atoms with Crippen molar-refractivity contribution in [3.05, 3.63) is 52.8 Å². The van der Waals surface area contributed by atoms with Gasteiger partial charge in [0.25, 0.3) is 0 Å². The first-order chi connectivity index (χ1) is 9.11. The van der Waals surface area contributed by atoms with Crippen LogP contribution in [0.5, 0.6) is 0 Å². The predicted molar refractivity (Wildman–Crippen MR) is 81.3 cm³/mol. The Hall–Kier alpha value is -0.910. The Balaban J connectivity index is 2.25. The van der Waals surface area contributed by atoms with Crippen LogP contribution < -0.4 is 0 Å². The molecule has 1 heterocycles. The van der Waals surface area contributed by atoms with Crippen molar-refractivity contribution in [1.29, 1.82) is 0 Å². The van der Waals surface area contributed by atoms with Crippen LogP contribution in [0.15, 0.2) is 41.7 Å². The third-order valence-corrected chi connectivity index (χ3v) is 4.15. The Morgan fingerprint density at radius 1 is 1.32 bits per heavy atom. The summed E-state index contributed by atoms with van der Waals surface area (Å²) in [5, 5.41) is 1.25. The number of alkyl halides is 1. The van der Waals surface area contributed by atoms with E-state index in [-0.39, 0.29) is 5.78 Å². The van der Waals surface area contributed by atoms with Crippen LogP contribution in [0.1, 0.15) is 20.9 Å². The minimum absolute atomic E-state index is 0.0533. The Bertz CT molecular complexity index is 591. The fraction of sp³-hybridized carbons (Fsp3) is 0.154. The molecule has 6 heteroatoms. The molecular formula is C13H10BrClN2OS. The highest BCUT2D eigenvalue weighted by Crippen LogP contribution is 2.26. The van der Waals surface area contributed by atoms with E-state index in [9.17, 15) is 4.79 Å². The zero-order chi connectivity index (χ0) is 13.8. The van der Waals surface area contributed by atoms with Crippen LogP contribution in [0.3, 0.4) is 0 Å². The van der Waals surface area contributed by atoms with E-state index in [1.807, 2.05) is 6.26 Å². The molecule has 2 aromatic rings. The average molecular weight is 358 g/mol. The Morgan fingerprint density at radius 3 is 2.63 bits per heavy atom. The highest BCUT2D eigenvalue weighted by atomic mass is 79.9. The third-order valence-electron chi connectivity index (χ3n) is 2.46. The third kappa shape index (κ3) is 3.55. The monoisotopic (exact) mass is 356 g/mol. The summed E-state index contributed by atoms with van der Waals surface area (Å²) in [6, 6.07) is 8.53. The molecule has 0 aliphatic rings. The molecular weight excluding hydrogens is 348 g/mol. The lowest BCUT2D eigenvalue weighted by atomic mass is 10.1. The van der Waals surface area contributed by atoms with E-state index in [1.165, 1.54) is 11.8 Å². The van der Waals surface area contributed by atoms with Crippen LogP contribution >= 0.6 is 39.3 Å². The fourth-order valence-corrected chi connectivity index (χ4v) is 2.50. The van der Waals surface area contributed by atoms with Gasteiger partial charge in [-0.1, -0.05) is 39.3 Å². The fourth-order valence-electron chi connectivity index (χ4n) is 1.49. The molecule has 0 amide bonds. The molecule has 0 radical (unpaired) electrons. The van der Waals surface area contributed by atoms with E-state index in [0.29, 0.717) is 21.4 Å². The highest BCUT2D eigenvalue weighted by molar-refractivity contribution is 9.09. The minimum Gasteiger partial charge on any atom is -0.292 e. The number of carbonyl (C=O) groups excluding carboxylic acids is 1. The lowest BCUT2D eigenvalue weighted by molar-refractivity contribution is 0.0990. The SMILES string of the molecule is CSc1nccc(C(Br)C(=O)c2ccc(Cl)cc2)n1. The van der Waals surface area contributed by atoms with E-state index < -0.39 is 4.83 Å². The van der Waals surface area contributed by atoms with Crippen molar-refractivity contribution < 1.29 is 4.79 Å². The summed E-state index contributed by atoms with van der Waals surface area (Å²) in [4.78, 5) is 20.2. The Labute approximate surface area is 128 Å². The molecule has 0 N–H and O–H groups in total. The van der Waals surface area contributed by atoms with Gasteiger partial charge in [-0.2, -0.15) is 0 Å². The summed E-state index contributed by atoms with van der Waals surface area (Å²) < 4.78 is 0. The molecule has 19 heavy (non-hydrogen) atoms. The first kappa shape index (κ1) is 14.5. The highest BCUT2D eigenvalue weighted by Gasteiger charge is 2.20. The van der Waals surface area contributed by atoms with E-state index in [4.69, 9.17) is 11.6 Å². The molecule has 3 nitrogen and oxygen atoms in total. The molecule has 0 saturated heterocycles. The second-order valence-electron chi connectivity index (χ2n) is 3.70. The first-order valence-corrected chi connectivity index (χ1v) is 7.94. The summed E-state index contributed by atoms with van der Waals surface area (Å²) >= 11 is 10.6. The van der Waals surface area contributed by atoms with Gasteiger partial charge < -0.3 is 0 Å². The molecule has 1 unspecified atom stereocenters. The van der Waals surface area contributed by atoms with Gasteiger partial charge >= 0.3 is 0 Å². The summed E-state index contributed by atoms with van der Waals surface area (Å²) in [7, 11) is 0. The summed E-state index contributed by atoms with van der Waals surface area (Å²) in [5.74, 6) is -0.0533. The number of rotatable bonds is 4. The summed E-state index contributed by atoms with van der Waals surface area (Å²) in [6.07, 6.45) is 3.54. The normalized spacial score (nSPS) is 12.2. The van der Waals surface area contributed by atoms with Gasteiger partial charge in [0, 0.05) is 16.8 Å². The van der Waals surface area contributed by atoms with Gasteiger partial charge in [0.05, 0.1) is 5.69 Å². The standard InChI is InChI=1S/C13H10BrClN2OS/c1-19-13-16-7-6-10(17-13)11(14)12(18)8-2-4-9(15)5-3-8/h2-7,11H,1H3. The number of benzene rings is 1. The zero-order valence-corrected chi connectivity index (χ0v) is 13.2. The van der Waals surface area contributed by atoms with Crippen molar-refractivity contribution in [2.24, 2.45) is 0 Å². The van der Waals surface area contributed by atoms with Crippen molar-refractivity contribution in [3.8, 4) is 0 Å². The quantitative estimate of drug-likeness (QED) is 0.356. The van der Waals surface area contributed by atoms with Crippen LogP contribution in [0.4, 0.5) is 0 Å². The van der Waals surface area contributed by atoms with Gasteiger partial charge in [-0.05, 0) is 36.6 Å². The summed E-state index contributed by atoms with van der Waals surface area (Å²) in [5.41, 5.74) is 1.25. The van der Waals surface area contributed by atoms with Crippen LogP contribution in [-0.4, -0.2) is 22.0 Å². The van der Waals surface area contributed by atoms with Crippen molar-refractivity contribution in [2.45, 2.75) is 9.98 Å². The van der Waals surface area contributed by atoms with Crippen LogP contribution in [0.25, 0.3) is 0 Å². The van der Waals surface area contributed by atoms with E-state index in [1.54, 1.807) is 36.5 Å². The number of ketones is 1. The van der Waals surface area contributed by atoms with Crippen LogP contribution in [0.2, 0.25) is 5.02 Å². The second kappa shape index (κ2) is 6.50. The number of hydrogen-bond acceptors (Lipinski definition) is 4. The summed E-state index contributed by atoms with van der Waals surface area (Å²) in [6.45, 7) is 0. The lowest BCUT2D eigenvalue weighted by Gasteiger charge is -2.09. The van der Waals surface area contributed by atoms with E-state index in [2.05, 4.69) is 25.9 Å². The van der Waals surface area contributed by atoms with Crippen LogP contribution in [-0.2, 0) is 0 Å². The largest absolute Gasteiger partial charge is 0.292 e. The van der Waals surface area contributed by atoms with Gasteiger partial charge in [0.2, 0.25) is 0 Å². The Morgan fingerprint density at radius 2 is 2.00 bits per heavy atom. The number of carbonyl (C=O) groups is 1. The minimum atomic E-state index is -0.484. The molecule has 1 atom stereocenters. The van der Waals surface area contributed by atoms with Crippen molar-refractivity contribution >= 4 is 45.1 Å². The molecule has 0 saturated carbocycles. The van der Waals surface area contributed by atoms with E-state index >= 15 is 0 Å². The Kier molecular flexibility index (Phi) is 4.96. The second-order valence-corrected chi connectivity index (χ2v) is 5.83. The lowest BCUT2D eigenvalue weighted by Crippen LogP contribution is -2.09. The maximum absolute atomic E-state index is 12.3. The molecule has 98 valence electrons. The van der Waals surface area contributed by atoms with Crippen molar-refractivity contribution in [1.82, 2.24) is 9.97 Å². The molecule has 0 aliphatic heterocycles. The molecule has 0 aliphatic carbocycles. The first-order valence-electron chi connectivity index (χ1n) is 5.42. The number of thioether (sulfide) groups is 1. The number of halogens is 2. The number of nitrogens with zero attached hydrogens (tertiary/aromatic N) is 2. The molecule has 0 bridgehead atoms. The zero-order valence-electron chi connectivity index (χ0n) is 10.0. The predicted octanol–water partition coefficient (Wildman–Crippen LogP) is 4.17. The van der Waals surface area contributed by atoms with E-state index in [0.717, 1.165) is 0 Å². The molecule has 0 spiro atoms. The number of aromatic nitrogens is 2. The van der Waals surface area contributed by atoms with Gasteiger partial charge in [0.15, 0.2) is 10.9 Å². The van der Waals surface area contributed by atoms with Gasteiger partial charge in [0.1, 0.15) is 4.83 Å². The topological polar surface area (TPSA) is 42.9 Å². The molecule has 2 rings (SSSR count). The van der Waals surface area contributed by atoms with Crippen LogP contribution in [0, 0.1) is 0 Å². The molecule has 1 aromatic carbocycles. The maximum atomic E-state index is 12.3. The smallest absolute Gasteiger partial charge is 0.187 e. The van der Waals surface area contributed by atoms with Crippen molar-refractivity contribution in [2.75, 3.05) is 6.26 Å². The molecule has 0 fully saturated rings. The van der Waals surface area contributed by atoms with Gasteiger partial charge in [-0.15, -0.1) is 0 Å².